The van der Waals surface area contributed by atoms with Crippen molar-refractivity contribution in [2.75, 3.05) is 0 Å². The normalized spacial score (nSPS) is 25.2. The Labute approximate surface area is 160 Å². The molecule has 6 nitrogen and oxygen atoms in total. The Morgan fingerprint density at radius 3 is 3.00 bits per heavy atom. The average molecular weight is 363 g/mol. The zero-order valence-corrected chi connectivity index (χ0v) is 11.8. The van der Waals surface area contributed by atoms with Gasteiger partial charge in [0.05, 0.1) is 26.6 Å². The molecule has 25 heavy (non-hydrogen) atoms. The zero-order chi connectivity index (χ0) is 30.0. The van der Waals surface area contributed by atoms with E-state index in [0.29, 0.717) is 0 Å². The van der Waals surface area contributed by atoms with Gasteiger partial charge in [-0.3, -0.25) is 0 Å². The van der Waals surface area contributed by atoms with Crippen LogP contribution in [-0.4, -0.2) is 31.3 Å². The van der Waals surface area contributed by atoms with Gasteiger partial charge in [-0.1, -0.05) is 12.9 Å². The number of benzene rings is 1. The predicted octanol–water partition coefficient (Wildman–Crippen LogP) is 2.18. The minimum atomic E-state index is -4.39. The highest BCUT2D eigenvalue weighted by molar-refractivity contribution is 5.30. The van der Waals surface area contributed by atoms with Crippen molar-refractivity contribution < 1.29 is 36.1 Å². The maximum absolute atomic E-state index is 15.7. The third-order valence-electron chi connectivity index (χ3n) is 2.85. The lowest BCUT2D eigenvalue weighted by Crippen LogP contribution is -2.39. The molecule has 0 saturated heterocycles. The van der Waals surface area contributed by atoms with Crippen molar-refractivity contribution in [1.29, 1.82) is 1.43 Å². The van der Waals surface area contributed by atoms with Gasteiger partial charge in [-0.15, -0.1) is 0 Å². The van der Waals surface area contributed by atoms with Crippen LogP contribution >= 0.6 is 0 Å². The summed E-state index contributed by atoms with van der Waals surface area (Å²) in [5.41, 5.74) is -8.21. The van der Waals surface area contributed by atoms with E-state index in [-0.39, 0.29) is 4.68 Å². The Balaban J connectivity index is 2.79. The van der Waals surface area contributed by atoms with Crippen molar-refractivity contribution in [1.82, 2.24) is 24.7 Å². The molecule has 130 valence electrons. The third kappa shape index (κ3) is 3.22. The van der Waals surface area contributed by atoms with Crippen LogP contribution in [0.25, 0.3) is 0 Å². The molecule has 1 N–H and O–H groups in total. The van der Waals surface area contributed by atoms with E-state index in [0.717, 1.165) is 0 Å². The van der Waals surface area contributed by atoms with Gasteiger partial charge < -0.3 is 5.11 Å². The molecule has 0 bridgehead atoms. The number of halogens is 3. The Kier molecular flexibility index (Phi) is 1.80. The standard InChI is InChI=1S/C16H14F3N5O/c1-10(15-14(19)5-20-7-22-15)16(25,6-24-9-21-8-23-24)12-3-2-11(17)4-13(12)18/h2-5,7-10,25H,6H2,1H3/t10-,16+/m0/s1/i1D3,2D,3D,4D,5D,6D2,7D,8D,9D,10D,25D. The predicted molar refractivity (Wildman–Crippen MR) is 80.7 cm³/mol. The molecule has 0 saturated carbocycles. The Hall–Kier alpha value is -2.81. The topological polar surface area (TPSA) is 76.7 Å². The van der Waals surface area contributed by atoms with Gasteiger partial charge in [-0.05, 0) is 6.04 Å². The lowest BCUT2D eigenvalue weighted by Gasteiger charge is -2.34. The summed E-state index contributed by atoms with van der Waals surface area (Å²) in [4.78, 5) is 9.36. The van der Waals surface area contributed by atoms with E-state index < -0.39 is 96.8 Å². The van der Waals surface area contributed by atoms with Gasteiger partial charge in [0.2, 0.25) is 1.43 Å². The SMILES string of the molecule is [2H]O[C@](c1c([2H])c([2H])c(F)c([2H])c1F)(C([2H])([2H])n1nc([2H])nc1[2H])[C@]([2H])(c1nc([2H])nc([2H])c1F)C([2H])([2H])[2H]. The maximum atomic E-state index is 15.7. The molecule has 3 rings (SSSR count). The highest BCUT2D eigenvalue weighted by Crippen LogP contribution is 2.39. The first-order valence-corrected chi connectivity index (χ1v) is 6.23. The van der Waals surface area contributed by atoms with Gasteiger partial charge in [0.25, 0.3) is 0 Å². The fraction of sp³-hybridized carbons (Fsp3) is 0.250. The van der Waals surface area contributed by atoms with Crippen LogP contribution in [0.15, 0.2) is 43.2 Å². The van der Waals surface area contributed by atoms with Crippen LogP contribution in [0.3, 0.4) is 0 Å². The lowest BCUT2D eigenvalue weighted by molar-refractivity contribution is -0.0133. The fourth-order valence-electron chi connectivity index (χ4n) is 1.78. The van der Waals surface area contributed by atoms with Crippen molar-refractivity contribution in [2.45, 2.75) is 24.8 Å². The summed E-state index contributed by atoms with van der Waals surface area (Å²) in [5, 5.41) is 7.61. The molecule has 0 unspecified atom stereocenters. The molecule has 0 aliphatic carbocycles. The van der Waals surface area contributed by atoms with Gasteiger partial charge in [-0.2, -0.15) is 5.10 Å². The van der Waals surface area contributed by atoms with Gasteiger partial charge in [0.15, 0.2) is 5.82 Å². The molecular formula is C16H14F3N5O. The Bertz CT molecular complexity index is 1440. The zero-order valence-electron chi connectivity index (χ0n) is 25.8. The number of hydrogen-bond acceptors (Lipinski definition) is 5. The van der Waals surface area contributed by atoms with E-state index >= 15 is 8.78 Å². The van der Waals surface area contributed by atoms with Gasteiger partial charge >= 0.3 is 0 Å². The molecule has 1 aromatic carbocycles. The number of nitrogens with zero attached hydrogens (tertiary/aromatic N) is 5. The molecule has 2 heterocycles. The van der Waals surface area contributed by atoms with Gasteiger partial charge in [-0.25, -0.2) is 32.8 Å². The molecule has 0 radical (unpaired) electrons. The largest absolute Gasteiger partial charge is 0.382 e. The first kappa shape index (κ1) is 6.83. The summed E-state index contributed by atoms with van der Waals surface area (Å²) >= 11 is 0. The Morgan fingerprint density at radius 1 is 1.40 bits per heavy atom. The van der Waals surface area contributed by atoms with Crippen molar-refractivity contribution >= 4 is 0 Å². The fourth-order valence-corrected chi connectivity index (χ4v) is 1.78. The number of aromatic nitrogens is 5. The quantitative estimate of drug-likeness (QED) is 0.726. The van der Waals surface area contributed by atoms with Crippen LogP contribution in [-0.2, 0) is 12.1 Å². The number of rotatable bonds is 6. The summed E-state index contributed by atoms with van der Waals surface area (Å²) in [6.07, 6.45) is -5.24. The monoisotopic (exact) mass is 363 g/mol. The summed E-state index contributed by atoms with van der Waals surface area (Å²) in [6.45, 7) is -8.39. The van der Waals surface area contributed by atoms with Crippen LogP contribution < -0.4 is 0 Å². The van der Waals surface area contributed by atoms with Crippen LogP contribution in [0.2, 0.25) is 0 Å². The second-order valence-electron chi connectivity index (χ2n) is 4.37. The molecule has 0 fully saturated rings. The molecule has 2 atom stereocenters. The van der Waals surface area contributed by atoms with Crippen molar-refractivity contribution in [3.05, 3.63) is 71.9 Å². The molecule has 2 aromatic heterocycles. The highest BCUT2D eigenvalue weighted by Gasteiger charge is 2.41. The molecule has 0 amide bonds. The average Bonchev–Trinajstić information content (AvgIpc) is 3.18. The van der Waals surface area contributed by atoms with Crippen LogP contribution in [0.1, 0.15) is 41.8 Å². The molecule has 0 aliphatic heterocycles. The van der Waals surface area contributed by atoms with Crippen LogP contribution in [0.5, 0.6) is 0 Å². The van der Waals surface area contributed by atoms with E-state index in [1.54, 1.807) is 0 Å². The summed E-state index contributed by atoms with van der Waals surface area (Å²) in [5.74, 6) is -10.8. The number of aliphatic hydroxyl groups is 1. The minimum absolute atomic E-state index is 0.281. The first-order chi connectivity index (χ1) is 17.7. The molecular weight excluding hydrogens is 335 g/mol. The third-order valence-corrected chi connectivity index (χ3v) is 2.85. The van der Waals surface area contributed by atoms with E-state index in [4.69, 9.17) is 19.3 Å². The first-order valence-electron chi connectivity index (χ1n) is 13.1. The smallest absolute Gasteiger partial charge is 0.211 e. The van der Waals surface area contributed by atoms with Crippen molar-refractivity contribution in [3.8, 4) is 0 Å². The summed E-state index contributed by atoms with van der Waals surface area (Å²) < 4.78 is 157. The van der Waals surface area contributed by atoms with Crippen molar-refractivity contribution in [3.63, 3.8) is 0 Å². The maximum Gasteiger partial charge on any atom is 0.211 e. The van der Waals surface area contributed by atoms with Gasteiger partial charge in [0, 0.05) is 23.0 Å². The summed E-state index contributed by atoms with van der Waals surface area (Å²) in [6, 6.07) is -5.28. The Morgan fingerprint density at radius 2 is 2.28 bits per heavy atom. The second kappa shape index (κ2) is 6.60. The molecule has 3 aromatic rings. The molecule has 9 heteroatoms. The van der Waals surface area contributed by atoms with E-state index in [2.05, 4.69) is 25.2 Å². The van der Waals surface area contributed by atoms with Crippen LogP contribution in [0, 0.1) is 17.5 Å². The van der Waals surface area contributed by atoms with Crippen molar-refractivity contribution in [2.24, 2.45) is 0 Å². The molecule has 0 aliphatic rings. The lowest BCUT2D eigenvalue weighted by atomic mass is 9.79. The van der Waals surface area contributed by atoms with E-state index in [1.165, 1.54) is 0 Å². The van der Waals surface area contributed by atoms with E-state index in [9.17, 15) is 4.39 Å². The van der Waals surface area contributed by atoms with E-state index in [1.807, 2.05) is 0 Å². The van der Waals surface area contributed by atoms with Gasteiger partial charge in [0.1, 0.15) is 40.3 Å². The van der Waals surface area contributed by atoms with Crippen LogP contribution in [0.4, 0.5) is 13.2 Å². The highest BCUT2D eigenvalue weighted by atomic mass is 19.1. The minimum Gasteiger partial charge on any atom is -0.382 e. The summed E-state index contributed by atoms with van der Waals surface area (Å²) in [7, 11) is 0. The number of hydrogen-bond donors (Lipinski definition) is 1. The molecule has 0 spiro atoms. The second-order valence-corrected chi connectivity index (χ2v) is 4.37.